The van der Waals surface area contributed by atoms with Gasteiger partial charge < -0.3 is 14.2 Å². The van der Waals surface area contributed by atoms with E-state index in [2.05, 4.69) is 59.3 Å². The molecule has 1 aromatic carbocycles. The van der Waals surface area contributed by atoms with Gasteiger partial charge in [0.1, 0.15) is 0 Å². The fourth-order valence-corrected chi connectivity index (χ4v) is 5.81. The van der Waals surface area contributed by atoms with Gasteiger partial charge >= 0.3 is 0 Å². The van der Waals surface area contributed by atoms with Crippen molar-refractivity contribution in [3.8, 4) is 0 Å². The van der Waals surface area contributed by atoms with Gasteiger partial charge in [0.25, 0.3) is 5.91 Å². The second-order valence-electron chi connectivity index (χ2n) is 12.0. The quantitative estimate of drug-likeness (QED) is 0.102. The van der Waals surface area contributed by atoms with E-state index in [1.54, 1.807) is 18.0 Å². The van der Waals surface area contributed by atoms with Crippen molar-refractivity contribution in [1.29, 1.82) is 0 Å². The highest BCUT2D eigenvalue weighted by molar-refractivity contribution is 6.10. The molecule has 0 aliphatic rings. The maximum absolute atomic E-state index is 14.0. The summed E-state index contributed by atoms with van der Waals surface area (Å²) in [5, 5.41) is 12.1. The average Bonchev–Trinajstić information content (AvgIpc) is 3.64. The number of fused-ring (bicyclic) bond motifs is 1. The van der Waals surface area contributed by atoms with E-state index in [1.807, 2.05) is 35.7 Å². The topological polar surface area (TPSA) is 88.6 Å². The molecule has 1 amide bonds. The number of halogens is 1. The molecule has 0 N–H and O–H groups in total. The first-order valence-electron chi connectivity index (χ1n) is 16.9. The van der Waals surface area contributed by atoms with E-state index in [0.29, 0.717) is 29.2 Å². The third-order valence-corrected chi connectivity index (χ3v) is 8.48. The maximum atomic E-state index is 14.0. The Labute approximate surface area is 280 Å². The first-order chi connectivity index (χ1) is 21.9. The first kappa shape index (κ1) is 36.9. The Kier molecular flexibility index (Phi) is 14.9. The summed E-state index contributed by atoms with van der Waals surface area (Å²) >= 11 is 0. The second-order valence-corrected chi connectivity index (χ2v) is 12.0. The number of carbonyl (C=O) groups is 2. The van der Waals surface area contributed by atoms with Gasteiger partial charge in [-0.05, 0) is 99.6 Å². The molecule has 0 saturated heterocycles. The number of aromatic nitrogens is 5. The summed E-state index contributed by atoms with van der Waals surface area (Å²) in [6.45, 7) is 12.9. The first-order valence-corrected chi connectivity index (χ1v) is 16.9. The summed E-state index contributed by atoms with van der Waals surface area (Å²) in [7, 11) is 1.71. The van der Waals surface area contributed by atoms with Gasteiger partial charge in [-0.3, -0.25) is 9.59 Å². The number of ketones is 1. The van der Waals surface area contributed by atoms with E-state index in [-0.39, 0.29) is 30.6 Å². The number of pyridine rings is 1. The van der Waals surface area contributed by atoms with Gasteiger partial charge in [-0.2, -0.15) is 4.80 Å². The van der Waals surface area contributed by atoms with Gasteiger partial charge in [-0.1, -0.05) is 64.3 Å². The van der Waals surface area contributed by atoms with Gasteiger partial charge in [0.05, 0.1) is 19.3 Å². The molecule has 0 fully saturated rings. The van der Waals surface area contributed by atoms with Crippen LogP contribution in [0.2, 0.25) is 0 Å². The van der Waals surface area contributed by atoms with Crippen LogP contribution in [0.3, 0.4) is 0 Å². The highest BCUT2D eigenvalue weighted by Crippen LogP contribution is 2.24. The minimum atomic E-state index is -0.105. The van der Waals surface area contributed by atoms with E-state index >= 15 is 0 Å². The Morgan fingerprint density at radius 1 is 0.804 bits per heavy atom. The fraction of sp³-hybridized carbons (Fsp3) is 0.528. The highest BCUT2D eigenvalue weighted by atomic mass is 35.5. The zero-order valence-corrected chi connectivity index (χ0v) is 29.2. The van der Waals surface area contributed by atoms with Crippen LogP contribution >= 0.6 is 12.4 Å². The molecular weight excluding hydrogens is 598 g/mol. The molecule has 9 nitrogen and oxygen atoms in total. The van der Waals surface area contributed by atoms with Gasteiger partial charge in [-0.25, -0.2) is 0 Å². The molecule has 3 heterocycles. The molecule has 46 heavy (non-hydrogen) atoms. The summed E-state index contributed by atoms with van der Waals surface area (Å²) in [5.74, 6) is 0.408. The van der Waals surface area contributed by atoms with E-state index < -0.39 is 0 Å². The molecule has 0 unspecified atom stereocenters. The van der Waals surface area contributed by atoms with Crippen molar-refractivity contribution >= 4 is 29.6 Å². The summed E-state index contributed by atoms with van der Waals surface area (Å²) in [6.07, 6.45) is 11.8. The lowest BCUT2D eigenvalue weighted by molar-refractivity contribution is 0.0748. The van der Waals surface area contributed by atoms with Crippen molar-refractivity contribution in [2.24, 2.45) is 7.05 Å². The highest BCUT2D eigenvalue weighted by Gasteiger charge is 2.22. The SMILES string of the molecule is CCCCc1cc2cc(C(=O)N(CC)Cc3nnn(C)n3)ccn2c1C(=O)c1ccc(CCCN(CCCC)CCCC)cc1.Cl. The van der Waals surface area contributed by atoms with E-state index in [4.69, 9.17) is 0 Å². The molecule has 0 radical (unpaired) electrons. The van der Waals surface area contributed by atoms with Crippen LogP contribution in [0.5, 0.6) is 0 Å². The van der Waals surface area contributed by atoms with Crippen LogP contribution in [-0.2, 0) is 26.4 Å². The lowest BCUT2D eigenvalue weighted by Crippen LogP contribution is -2.31. The van der Waals surface area contributed by atoms with Gasteiger partial charge in [0.2, 0.25) is 5.78 Å². The van der Waals surface area contributed by atoms with Gasteiger partial charge in [-0.15, -0.1) is 22.6 Å². The Morgan fingerprint density at radius 3 is 2.09 bits per heavy atom. The maximum Gasteiger partial charge on any atom is 0.254 e. The Morgan fingerprint density at radius 2 is 1.48 bits per heavy atom. The molecule has 0 spiro atoms. The van der Waals surface area contributed by atoms with E-state index in [1.165, 1.54) is 49.1 Å². The Hall–Kier alpha value is -3.56. The molecule has 4 rings (SSSR count). The summed E-state index contributed by atoms with van der Waals surface area (Å²) in [5.41, 5.74) is 5.08. The lowest BCUT2D eigenvalue weighted by Gasteiger charge is -2.21. The number of rotatable bonds is 19. The van der Waals surface area contributed by atoms with Crippen LogP contribution in [0, 0.1) is 0 Å². The number of tetrazole rings is 1. The van der Waals surface area contributed by atoms with Crippen LogP contribution in [-0.4, -0.2) is 72.3 Å². The molecule has 4 aromatic rings. The monoisotopic (exact) mass is 649 g/mol. The predicted octanol–water partition coefficient (Wildman–Crippen LogP) is 6.96. The van der Waals surface area contributed by atoms with Crippen LogP contribution in [0.4, 0.5) is 0 Å². The smallest absolute Gasteiger partial charge is 0.254 e. The molecule has 0 atom stereocenters. The lowest BCUT2D eigenvalue weighted by atomic mass is 10.00. The van der Waals surface area contributed by atoms with Crippen molar-refractivity contribution in [3.63, 3.8) is 0 Å². The number of nitrogens with zero attached hydrogens (tertiary/aromatic N) is 7. The third-order valence-electron chi connectivity index (χ3n) is 8.48. The summed E-state index contributed by atoms with van der Waals surface area (Å²) in [4.78, 5) is 33.1. The average molecular weight is 650 g/mol. The predicted molar refractivity (Wildman–Crippen MR) is 187 cm³/mol. The molecule has 10 heteroatoms. The second kappa shape index (κ2) is 18.6. The number of amides is 1. The van der Waals surface area contributed by atoms with Crippen molar-refractivity contribution in [2.45, 2.75) is 92.0 Å². The standard InChI is InChI=1S/C36H51N7O2.ClH/c1-6-10-15-30-25-32-26-31(36(45)42(9-4)27-33-37-39-40(5)38-33)20-24-43(32)34(30)35(44)29-18-16-28(17-19-29)14-13-23-41(21-11-7-2)22-12-8-3;/h16-20,24-26H,6-15,21-23,27H2,1-5H3;1H. The van der Waals surface area contributed by atoms with Crippen LogP contribution in [0.15, 0.2) is 48.7 Å². The van der Waals surface area contributed by atoms with Crippen molar-refractivity contribution < 1.29 is 9.59 Å². The van der Waals surface area contributed by atoms with Crippen molar-refractivity contribution in [2.75, 3.05) is 26.2 Å². The number of carbonyl (C=O) groups excluding carboxylic acids is 2. The fourth-order valence-electron chi connectivity index (χ4n) is 5.81. The van der Waals surface area contributed by atoms with E-state index in [0.717, 1.165) is 49.7 Å². The zero-order valence-electron chi connectivity index (χ0n) is 28.4. The number of unbranched alkanes of at least 4 members (excludes halogenated alkanes) is 3. The molecule has 0 saturated carbocycles. The summed E-state index contributed by atoms with van der Waals surface area (Å²) < 4.78 is 1.94. The minimum absolute atomic E-state index is 0. The van der Waals surface area contributed by atoms with Crippen molar-refractivity contribution in [1.82, 2.24) is 34.4 Å². The van der Waals surface area contributed by atoms with Crippen LogP contribution in [0.25, 0.3) is 5.52 Å². The summed E-state index contributed by atoms with van der Waals surface area (Å²) in [6, 6.07) is 13.9. The number of aryl methyl sites for hydroxylation is 3. The molecule has 3 aromatic heterocycles. The molecular formula is C36H52ClN7O2. The number of hydrogen-bond donors (Lipinski definition) is 0. The molecule has 0 bridgehead atoms. The minimum Gasteiger partial charge on any atom is -0.331 e. The van der Waals surface area contributed by atoms with Gasteiger partial charge in [0, 0.05) is 29.4 Å². The third kappa shape index (κ3) is 9.72. The molecule has 0 aliphatic carbocycles. The zero-order chi connectivity index (χ0) is 32.2. The van der Waals surface area contributed by atoms with Gasteiger partial charge in [0.15, 0.2) is 5.82 Å². The molecule has 250 valence electrons. The Balaban J connectivity index is 0.00000576. The van der Waals surface area contributed by atoms with Crippen LogP contribution < -0.4 is 0 Å². The van der Waals surface area contributed by atoms with E-state index in [9.17, 15) is 9.59 Å². The normalized spacial score (nSPS) is 11.3. The molecule has 0 aliphatic heterocycles. The number of benzene rings is 1. The Bertz CT molecular complexity index is 1520. The van der Waals surface area contributed by atoms with Crippen molar-refractivity contribution in [3.05, 3.63) is 82.4 Å². The van der Waals surface area contributed by atoms with Crippen LogP contribution in [0.1, 0.15) is 116 Å². The number of hydrogen-bond acceptors (Lipinski definition) is 6. The largest absolute Gasteiger partial charge is 0.331 e.